The van der Waals surface area contributed by atoms with Gasteiger partial charge in [-0.1, -0.05) is 24.2 Å². The Labute approximate surface area is 76.0 Å². The molecule has 0 unspecified atom stereocenters. The van der Waals surface area contributed by atoms with E-state index in [4.69, 9.17) is 21.4 Å². The number of hydrogen-bond acceptors (Lipinski definition) is 2. The van der Waals surface area contributed by atoms with Gasteiger partial charge in [-0.05, 0) is 12.1 Å². The highest BCUT2D eigenvalue weighted by atomic mass is 35.5. The van der Waals surface area contributed by atoms with Crippen LogP contribution in [-0.2, 0) is 0 Å². The molecule has 0 aliphatic heterocycles. The van der Waals surface area contributed by atoms with Crippen LogP contribution in [0.3, 0.4) is 0 Å². The summed E-state index contributed by atoms with van der Waals surface area (Å²) < 4.78 is 5.16. The monoisotopic (exact) mass is 184 g/mol. The summed E-state index contributed by atoms with van der Waals surface area (Å²) in [6, 6.07) is 6.52. The fraction of sp³-hybridized carbons (Fsp3) is 0.111. The number of phenolic OH excluding ortho intramolecular Hbond substituents is 1. The lowest BCUT2D eigenvalue weighted by Crippen LogP contribution is -1.95. The van der Waals surface area contributed by atoms with Crippen molar-refractivity contribution in [2.24, 2.45) is 0 Å². The third kappa shape index (κ3) is 2.84. The normalized spacial score (nSPS) is 9.42. The molecule has 2 nitrogen and oxygen atoms in total. The number of hydrogen-bond donors (Lipinski definition) is 1. The third-order valence-electron chi connectivity index (χ3n) is 1.21. The number of ether oxygens (including phenoxy) is 1. The molecule has 0 aliphatic rings. The molecule has 0 amide bonds. The Hall–Kier alpha value is -1.15. The number of aromatic hydroxyl groups is 1. The fourth-order valence-corrected chi connectivity index (χ4v) is 0.789. The predicted molar refractivity (Wildman–Crippen MR) is 48.6 cm³/mol. The Balaban J connectivity index is 2.57. The average Bonchev–Trinajstić information content (AvgIpc) is 2.01. The molecule has 0 aromatic heterocycles. The van der Waals surface area contributed by atoms with Gasteiger partial charge in [0.15, 0.2) is 0 Å². The number of phenols is 1. The van der Waals surface area contributed by atoms with Crippen molar-refractivity contribution in [1.29, 1.82) is 0 Å². The van der Waals surface area contributed by atoms with E-state index in [-0.39, 0.29) is 12.4 Å². The molecule has 0 radical (unpaired) electrons. The van der Waals surface area contributed by atoms with Gasteiger partial charge in [0.1, 0.15) is 18.1 Å². The third-order valence-corrected chi connectivity index (χ3v) is 1.32. The van der Waals surface area contributed by atoms with Crippen LogP contribution in [-0.4, -0.2) is 11.7 Å². The largest absolute Gasteiger partial charge is 0.508 e. The first-order valence-electron chi connectivity index (χ1n) is 3.43. The summed E-state index contributed by atoms with van der Waals surface area (Å²) in [5.74, 6) is 0.754. The van der Waals surface area contributed by atoms with Crippen molar-refractivity contribution in [2.45, 2.75) is 0 Å². The standard InChI is InChI=1S/C9H9ClO2/c1-7(10)6-12-9-4-2-3-8(11)5-9/h2-5,11H,1,6H2. The fourth-order valence-electron chi connectivity index (χ4n) is 0.735. The molecule has 3 heteroatoms. The van der Waals surface area contributed by atoms with Crippen LogP contribution in [0.5, 0.6) is 11.5 Å². The molecule has 0 fully saturated rings. The van der Waals surface area contributed by atoms with Gasteiger partial charge in [-0.15, -0.1) is 0 Å². The highest BCUT2D eigenvalue weighted by Crippen LogP contribution is 2.18. The molecule has 0 saturated heterocycles. The van der Waals surface area contributed by atoms with E-state index in [9.17, 15) is 0 Å². The molecule has 0 spiro atoms. The Bertz CT molecular complexity index is 284. The van der Waals surface area contributed by atoms with E-state index in [0.29, 0.717) is 10.8 Å². The van der Waals surface area contributed by atoms with E-state index in [2.05, 4.69) is 6.58 Å². The Morgan fingerprint density at radius 3 is 2.92 bits per heavy atom. The zero-order valence-corrected chi connectivity index (χ0v) is 7.21. The van der Waals surface area contributed by atoms with Crippen molar-refractivity contribution in [3.8, 4) is 11.5 Å². The van der Waals surface area contributed by atoms with Gasteiger partial charge in [-0.2, -0.15) is 0 Å². The van der Waals surface area contributed by atoms with Gasteiger partial charge in [0.25, 0.3) is 0 Å². The average molecular weight is 185 g/mol. The maximum absolute atomic E-state index is 9.04. The predicted octanol–water partition coefficient (Wildman–Crippen LogP) is 2.52. The summed E-state index contributed by atoms with van der Waals surface area (Å²) in [5.41, 5.74) is 0. The second-order valence-corrected chi connectivity index (χ2v) is 2.84. The minimum atomic E-state index is 0.174. The first-order chi connectivity index (χ1) is 5.68. The van der Waals surface area contributed by atoms with E-state index >= 15 is 0 Å². The van der Waals surface area contributed by atoms with Crippen molar-refractivity contribution in [3.63, 3.8) is 0 Å². The molecule has 64 valence electrons. The molecular formula is C9H9ClO2. The number of halogens is 1. The van der Waals surface area contributed by atoms with Crippen molar-refractivity contribution >= 4 is 11.6 Å². The Morgan fingerprint density at radius 2 is 2.33 bits per heavy atom. The van der Waals surface area contributed by atoms with Gasteiger partial charge in [0, 0.05) is 11.1 Å². The lowest BCUT2D eigenvalue weighted by molar-refractivity contribution is 0.356. The van der Waals surface area contributed by atoms with Crippen LogP contribution in [0.25, 0.3) is 0 Å². The summed E-state index contributed by atoms with van der Waals surface area (Å²) in [6.45, 7) is 3.73. The van der Waals surface area contributed by atoms with Crippen LogP contribution in [0, 0.1) is 0 Å². The van der Waals surface area contributed by atoms with Gasteiger partial charge in [0.2, 0.25) is 0 Å². The molecule has 0 bridgehead atoms. The lowest BCUT2D eigenvalue weighted by Gasteiger charge is -2.03. The molecule has 1 aromatic rings. The summed E-state index contributed by atoms with van der Waals surface area (Å²) >= 11 is 5.49. The van der Waals surface area contributed by atoms with Crippen molar-refractivity contribution in [3.05, 3.63) is 35.9 Å². The van der Waals surface area contributed by atoms with E-state index in [1.54, 1.807) is 18.2 Å². The van der Waals surface area contributed by atoms with E-state index in [1.165, 1.54) is 6.07 Å². The molecule has 0 aliphatic carbocycles. The zero-order valence-electron chi connectivity index (χ0n) is 6.46. The molecule has 1 rings (SSSR count). The van der Waals surface area contributed by atoms with Gasteiger partial charge < -0.3 is 9.84 Å². The smallest absolute Gasteiger partial charge is 0.123 e. The first kappa shape index (κ1) is 8.94. The maximum Gasteiger partial charge on any atom is 0.123 e. The van der Waals surface area contributed by atoms with Crippen LogP contribution >= 0.6 is 11.6 Å². The van der Waals surface area contributed by atoms with Crippen LogP contribution in [0.15, 0.2) is 35.9 Å². The minimum absolute atomic E-state index is 0.174. The first-order valence-corrected chi connectivity index (χ1v) is 3.81. The van der Waals surface area contributed by atoms with E-state index in [1.807, 2.05) is 0 Å². The van der Waals surface area contributed by atoms with Crippen LogP contribution in [0.2, 0.25) is 0 Å². The SMILES string of the molecule is C=C(Cl)COc1cccc(O)c1. The number of benzene rings is 1. The van der Waals surface area contributed by atoms with Gasteiger partial charge in [-0.25, -0.2) is 0 Å². The molecular weight excluding hydrogens is 176 g/mol. The zero-order chi connectivity index (χ0) is 8.97. The van der Waals surface area contributed by atoms with Crippen LogP contribution in [0.4, 0.5) is 0 Å². The Morgan fingerprint density at radius 1 is 1.58 bits per heavy atom. The lowest BCUT2D eigenvalue weighted by atomic mass is 10.3. The van der Waals surface area contributed by atoms with Gasteiger partial charge in [0.05, 0.1) is 0 Å². The Kier molecular flexibility index (Phi) is 3.00. The highest BCUT2D eigenvalue weighted by Gasteiger charge is 1.94. The molecule has 1 aromatic carbocycles. The van der Waals surface area contributed by atoms with E-state index in [0.717, 1.165) is 0 Å². The van der Waals surface area contributed by atoms with Gasteiger partial charge >= 0.3 is 0 Å². The summed E-state index contributed by atoms with van der Waals surface area (Å²) in [7, 11) is 0. The summed E-state index contributed by atoms with van der Waals surface area (Å²) in [4.78, 5) is 0. The van der Waals surface area contributed by atoms with Crippen molar-refractivity contribution in [2.75, 3.05) is 6.61 Å². The topological polar surface area (TPSA) is 29.5 Å². The van der Waals surface area contributed by atoms with Crippen LogP contribution in [0.1, 0.15) is 0 Å². The number of rotatable bonds is 3. The molecule has 1 N–H and O–H groups in total. The second kappa shape index (κ2) is 4.02. The molecule has 0 saturated carbocycles. The van der Waals surface area contributed by atoms with Crippen LogP contribution < -0.4 is 4.74 Å². The molecule has 12 heavy (non-hydrogen) atoms. The summed E-state index contributed by atoms with van der Waals surface area (Å²) in [5, 5.41) is 9.47. The van der Waals surface area contributed by atoms with Crippen molar-refractivity contribution < 1.29 is 9.84 Å². The quantitative estimate of drug-likeness (QED) is 0.782. The summed E-state index contributed by atoms with van der Waals surface area (Å²) in [6.07, 6.45) is 0. The van der Waals surface area contributed by atoms with E-state index < -0.39 is 0 Å². The molecule has 0 heterocycles. The second-order valence-electron chi connectivity index (χ2n) is 2.30. The maximum atomic E-state index is 9.04. The highest BCUT2D eigenvalue weighted by molar-refractivity contribution is 6.29. The van der Waals surface area contributed by atoms with Gasteiger partial charge in [-0.3, -0.25) is 0 Å². The van der Waals surface area contributed by atoms with Crippen molar-refractivity contribution in [1.82, 2.24) is 0 Å². The minimum Gasteiger partial charge on any atom is -0.508 e. The molecule has 0 atom stereocenters.